The second kappa shape index (κ2) is 7.47. The van der Waals surface area contributed by atoms with Crippen molar-refractivity contribution in [1.82, 2.24) is 15.5 Å². The van der Waals surface area contributed by atoms with Crippen molar-refractivity contribution in [2.75, 3.05) is 33.2 Å². The Kier molecular flexibility index (Phi) is 6.26. The number of carbonyl (C=O) groups is 2. The van der Waals surface area contributed by atoms with Gasteiger partial charge in [-0.2, -0.15) is 0 Å². The lowest BCUT2D eigenvalue weighted by Crippen LogP contribution is -2.50. The maximum absolute atomic E-state index is 12.1. The SMILES string of the molecule is CCC(C)(CNC(=O)N1CCCC(CNC)C1)C(=O)O. The lowest BCUT2D eigenvalue weighted by Gasteiger charge is -2.33. The summed E-state index contributed by atoms with van der Waals surface area (Å²) in [5, 5.41) is 15.1. The average Bonchev–Trinajstić information content (AvgIpc) is 2.44. The zero-order valence-corrected chi connectivity index (χ0v) is 12.7. The summed E-state index contributed by atoms with van der Waals surface area (Å²) in [7, 11) is 1.92. The van der Waals surface area contributed by atoms with Crippen LogP contribution in [-0.4, -0.2) is 55.2 Å². The molecular weight excluding hydrogens is 258 g/mol. The minimum absolute atomic E-state index is 0.147. The normalized spacial score (nSPS) is 22.1. The number of urea groups is 1. The van der Waals surface area contributed by atoms with Crippen LogP contribution < -0.4 is 10.6 Å². The number of hydrogen-bond donors (Lipinski definition) is 3. The van der Waals surface area contributed by atoms with E-state index < -0.39 is 11.4 Å². The Bertz CT molecular complexity index is 347. The molecule has 3 N–H and O–H groups in total. The summed E-state index contributed by atoms with van der Waals surface area (Å²) in [4.78, 5) is 25.1. The fraction of sp³-hybridized carbons (Fsp3) is 0.857. The predicted molar refractivity (Wildman–Crippen MR) is 77.7 cm³/mol. The van der Waals surface area contributed by atoms with Gasteiger partial charge in [0.05, 0.1) is 5.41 Å². The van der Waals surface area contributed by atoms with E-state index in [0.29, 0.717) is 12.3 Å². The van der Waals surface area contributed by atoms with Crippen LogP contribution in [0.5, 0.6) is 0 Å². The topological polar surface area (TPSA) is 81.7 Å². The van der Waals surface area contributed by atoms with Crippen LogP contribution in [0.4, 0.5) is 4.79 Å². The maximum Gasteiger partial charge on any atom is 0.317 e. The van der Waals surface area contributed by atoms with Gasteiger partial charge in [0.2, 0.25) is 0 Å². The largest absolute Gasteiger partial charge is 0.481 e. The van der Waals surface area contributed by atoms with Gasteiger partial charge in [-0.3, -0.25) is 4.79 Å². The number of carboxylic acids is 1. The minimum Gasteiger partial charge on any atom is -0.481 e. The van der Waals surface area contributed by atoms with Crippen molar-refractivity contribution < 1.29 is 14.7 Å². The lowest BCUT2D eigenvalue weighted by atomic mass is 9.88. The molecule has 0 saturated carbocycles. The number of piperidine rings is 1. The molecule has 1 aliphatic rings. The van der Waals surface area contributed by atoms with E-state index in [1.54, 1.807) is 11.8 Å². The van der Waals surface area contributed by atoms with E-state index in [2.05, 4.69) is 10.6 Å². The minimum atomic E-state index is -0.893. The number of likely N-dealkylation sites (tertiary alicyclic amines) is 1. The standard InChI is InChI=1S/C14H27N3O3/c1-4-14(2,12(18)19)10-16-13(20)17-7-5-6-11(9-17)8-15-3/h11,15H,4-10H2,1-3H3,(H,16,20)(H,18,19). The number of hydrogen-bond acceptors (Lipinski definition) is 3. The van der Waals surface area contributed by atoms with Crippen LogP contribution >= 0.6 is 0 Å². The quantitative estimate of drug-likeness (QED) is 0.683. The highest BCUT2D eigenvalue weighted by Crippen LogP contribution is 2.20. The number of carbonyl (C=O) groups excluding carboxylic acids is 1. The summed E-state index contributed by atoms with van der Waals surface area (Å²) in [5.74, 6) is -0.386. The van der Waals surface area contributed by atoms with Crippen LogP contribution in [0.2, 0.25) is 0 Å². The molecule has 6 heteroatoms. The molecule has 116 valence electrons. The number of nitrogens with zero attached hydrogens (tertiary/aromatic N) is 1. The number of nitrogens with one attached hydrogen (secondary N) is 2. The molecule has 2 atom stereocenters. The van der Waals surface area contributed by atoms with Crippen LogP contribution in [0.3, 0.4) is 0 Å². The van der Waals surface area contributed by atoms with Crippen molar-refractivity contribution in [3.05, 3.63) is 0 Å². The van der Waals surface area contributed by atoms with E-state index in [1.807, 2.05) is 14.0 Å². The summed E-state index contributed by atoms with van der Waals surface area (Å²) in [6.07, 6.45) is 2.63. The number of aliphatic carboxylic acids is 1. The van der Waals surface area contributed by atoms with E-state index in [0.717, 1.165) is 32.5 Å². The summed E-state index contributed by atoms with van der Waals surface area (Å²) < 4.78 is 0. The van der Waals surface area contributed by atoms with Gasteiger partial charge in [-0.05, 0) is 45.7 Å². The summed E-state index contributed by atoms with van der Waals surface area (Å²) in [6, 6.07) is -0.147. The van der Waals surface area contributed by atoms with Crippen molar-refractivity contribution in [2.45, 2.75) is 33.1 Å². The van der Waals surface area contributed by atoms with Gasteiger partial charge in [0.15, 0.2) is 0 Å². The lowest BCUT2D eigenvalue weighted by molar-refractivity contribution is -0.147. The van der Waals surface area contributed by atoms with Crippen LogP contribution in [-0.2, 0) is 4.79 Å². The van der Waals surface area contributed by atoms with Gasteiger partial charge in [-0.25, -0.2) is 4.79 Å². The summed E-state index contributed by atoms with van der Waals surface area (Å²) in [6.45, 7) is 6.06. The second-order valence-corrected chi connectivity index (χ2v) is 5.89. The predicted octanol–water partition coefficient (Wildman–Crippen LogP) is 1.13. The molecule has 0 bridgehead atoms. The van der Waals surface area contributed by atoms with Gasteiger partial charge >= 0.3 is 12.0 Å². The molecule has 1 heterocycles. The molecule has 0 aromatic rings. The van der Waals surface area contributed by atoms with Crippen LogP contribution in [0.1, 0.15) is 33.1 Å². The molecule has 0 spiro atoms. The first-order valence-corrected chi connectivity index (χ1v) is 7.33. The Morgan fingerprint density at radius 3 is 2.70 bits per heavy atom. The Hall–Kier alpha value is -1.30. The molecule has 1 fully saturated rings. The van der Waals surface area contributed by atoms with Gasteiger partial charge in [0.25, 0.3) is 0 Å². The molecule has 2 unspecified atom stereocenters. The van der Waals surface area contributed by atoms with Crippen molar-refractivity contribution in [3.8, 4) is 0 Å². The van der Waals surface area contributed by atoms with Crippen molar-refractivity contribution in [3.63, 3.8) is 0 Å². The number of amides is 2. The molecule has 2 amide bonds. The molecular formula is C14H27N3O3. The smallest absolute Gasteiger partial charge is 0.317 e. The monoisotopic (exact) mass is 285 g/mol. The second-order valence-electron chi connectivity index (χ2n) is 5.89. The highest BCUT2D eigenvalue weighted by Gasteiger charge is 2.32. The van der Waals surface area contributed by atoms with Crippen molar-refractivity contribution in [2.24, 2.45) is 11.3 Å². The molecule has 20 heavy (non-hydrogen) atoms. The third-order valence-corrected chi connectivity index (χ3v) is 4.23. The first kappa shape index (κ1) is 16.8. The van der Waals surface area contributed by atoms with E-state index in [9.17, 15) is 14.7 Å². The molecule has 0 aromatic heterocycles. The number of rotatable bonds is 6. The highest BCUT2D eigenvalue weighted by molar-refractivity contribution is 5.78. The molecule has 1 rings (SSSR count). The fourth-order valence-electron chi connectivity index (χ4n) is 2.44. The molecule has 0 radical (unpaired) electrons. The van der Waals surface area contributed by atoms with Crippen molar-refractivity contribution >= 4 is 12.0 Å². The molecule has 1 aliphatic heterocycles. The van der Waals surface area contributed by atoms with Crippen LogP contribution in [0.15, 0.2) is 0 Å². The summed E-state index contributed by atoms with van der Waals surface area (Å²) in [5.41, 5.74) is -0.893. The third kappa shape index (κ3) is 4.37. The molecule has 6 nitrogen and oxygen atoms in total. The zero-order valence-electron chi connectivity index (χ0n) is 12.7. The van der Waals surface area contributed by atoms with Crippen LogP contribution in [0, 0.1) is 11.3 Å². The van der Waals surface area contributed by atoms with Gasteiger partial charge in [-0.1, -0.05) is 6.92 Å². The van der Waals surface area contributed by atoms with Gasteiger partial charge in [-0.15, -0.1) is 0 Å². The Balaban J connectivity index is 2.48. The first-order valence-electron chi connectivity index (χ1n) is 7.33. The van der Waals surface area contributed by atoms with E-state index in [4.69, 9.17) is 0 Å². The first-order chi connectivity index (χ1) is 9.42. The van der Waals surface area contributed by atoms with Crippen molar-refractivity contribution in [1.29, 1.82) is 0 Å². The maximum atomic E-state index is 12.1. The zero-order chi connectivity index (χ0) is 15.2. The molecule has 0 aromatic carbocycles. The molecule has 0 aliphatic carbocycles. The third-order valence-electron chi connectivity index (χ3n) is 4.23. The van der Waals surface area contributed by atoms with Gasteiger partial charge < -0.3 is 20.6 Å². The Morgan fingerprint density at radius 2 is 2.15 bits per heavy atom. The summed E-state index contributed by atoms with van der Waals surface area (Å²) >= 11 is 0. The average molecular weight is 285 g/mol. The molecule has 1 saturated heterocycles. The van der Waals surface area contributed by atoms with Gasteiger partial charge in [0.1, 0.15) is 0 Å². The Morgan fingerprint density at radius 1 is 1.45 bits per heavy atom. The van der Waals surface area contributed by atoms with E-state index >= 15 is 0 Å². The highest BCUT2D eigenvalue weighted by atomic mass is 16.4. The van der Waals surface area contributed by atoms with E-state index in [-0.39, 0.29) is 12.6 Å². The Labute approximate surface area is 120 Å². The van der Waals surface area contributed by atoms with E-state index in [1.165, 1.54) is 0 Å². The van der Waals surface area contributed by atoms with Crippen LogP contribution in [0.25, 0.3) is 0 Å². The number of carboxylic acid groups (broad SMARTS) is 1. The fourth-order valence-corrected chi connectivity index (χ4v) is 2.44. The van der Waals surface area contributed by atoms with Gasteiger partial charge in [0, 0.05) is 19.6 Å².